The van der Waals surface area contributed by atoms with E-state index in [2.05, 4.69) is 47.3 Å². The standard InChI is InChI=1S/C20H24N6O2/c1-13-5-6-16(11-14(13)2)18-12-17(23-24(18)4)19(27)25-7-9-26(10-8-25)20-22-21-15(3)28-20/h5-6,11-12H,7-10H2,1-4H3. The van der Waals surface area contributed by atoms with E-state index in [1.807, 2.05) is 22.9 Å². The number of rotatable bonds is 3. The summed E-state index contributed by atoms with van der Waals surface area (Å²) in [5, 5.41) is 12.4. The molecule has 0 aliphatic carbocycles. The van der Waals surface area contributed by atoms with Crippen molar-refractivity contribution in [3.05, 3.63) is 47.0 Å². The zero-order chi connectivity index (χ0) is 19.8. The van der Waals surface area contributed by atoms with Crippen LogP contribution in [0.2, 0.25) is 0 Å². The zero-order valence-corrected chi connectivity index (χ0v) is 16.6. The normalized spacial score (nSPS) is 14.6. The molecule has 1 saturated heterocycles. The largest absolute Gasteiger partial charge is 0.408 e. The third kappa shape index (κ3) is 3.37. The van der Waals surface area contributed by atoms with E-state index in [9.17, 15) is 4.79 Å². The van der Waals surface area contributed by atoms with Crippen molar-refractivity contribution in [1.82, 2.24) is 24.9 Å². The van der Waals surface area contributed by atoms with Crippen LogP contribution in [0.4, 0.5) is 6.01 Å². The van der Waals surface area contributed by atoms with Gasteiger partial charge in [0, 0.05) is 45.7 Å². The van der Waals surface area contributed by atoms with Crippen molar-refractivity contribution in [1.29, 1.82) is 0 Å². The molecule has 1 fully saturated rings. The number of carbonyl (C=O) groups excluding carboxylic acids is 1. The van der Waals surface area contributed by atoms with Crippen LogP contribution in [0.1, 0.15) is 27.5 Å². The highest BCUT2D eigenvalue weighted by Gasteiger charge is 2.26. The van der Waals surface area contributed by atoms with Crippen LogP contribution in [0.5, 0.6) is 0 Å². The number of hydrogen-bond acceptors (Lipinski definition) is 6. The molecule has 0 bridgehead atoms. The highest BCUT2D eigenvalue weighted by atomic mass is 16.4. The number of carbonyl (C=O) groups is 1. The first kappa shape index (κ1) is 18.2. The van der Waals surface area contributed by atoms with E-state index in [-0.39, 0.29) is 5.91 Å². The summed E-state index contributed by atoms with van der Waals surface area (Å²) in [7, 11) is 1.87. The molecular formula is C20H24N6O2. The Balaban J connectivity index is 1.48. The van der Waals surface area contributed by atoms with Gasteiger partial charge in [-0.25, -0.2) is 0 Å². The van der Waals surface area contributed by atoms with Gasteiger partial charge < -0.3 is 14.2 Å². The summed E-state index contributed by atoms with van der Waals surface area (Å²) in [5.41, 5.74) is 4.94. The number of nitrogens with zero attached hydrogens (tertiary/aromatic N) is 6. The molecule has 1 amide bonds. The Morgan fingerprint density at radius 1 is 1.00 bits per heavy atom. The number of hydrogen-bond donors (Lipinski definition) is 0. The molecule has 1 aliphatic heterocycles. The maximum atomic E-state index is 12.9. The third-order valence-corrected chi connectivity index (χ3v) is 5.25. The van der Waals surface area contributed by atoms with E-state index < -0.39 is 0 Å². The molecule has 1 aromatic carbocycles. The summed E-state index contributed by atoms with van der Waals surface area (Å²) in [6.45, 7) is 8.45. The van der Waals surface area contributed by atoms with E-state index in [0.29, 0.717) is 43.8 Å². The van der Waals surface area contributed by atoms with Crippen molar-refractivity contribution in [2.75, 3.05) is 31.1 Å². The fraction of sp³-hybridized carbons (Fsp3) is 0.400. The average molecular weight is 380 g/mol. The van der Waals surface area contributed by atoms with Crippen LogP contribution >= 0.6 is 0 Å². The topological polar surface area (TPSA) is 80.3 Å². The first-order valence-electron chi connectivity index (χ1n) is 9.38. The smallest absolute Gasteiger partial charge is 0.318 e. The van der Waals surface area contributed by atoms with Crippen molar-refractivity contribution in [2.45, 2.75) is 20.8 Å². The van der Waals surface area contributed by atoms with Crippen molar-refractivity contribution < 1.29 is 9.21 Å². The van der Waals surface area contributed by atoms with Crippen LogP contribution in [-0.2, 0) is 7.05 Å². The summed E-state index contributed by atoms with van der Waals surface area (Å²) in [6.07, 6.45) is 0. The summed E-state index contributed by atoms with van der Waals surface area (Å²) in [6, 6.07) is 8.68. The van der Waals surface area contributed by atoms with E-state index in [1.54, 1.807) is 11.6 Å². The minimum atomic E-state index is -0.0490. The molecule has 3 heterocycles. The number of aryl methyl sites for hydroxylation is 4. The molecule has 1 aliphatic rings. The second kappa shape index (κ2) is 7.10. The SMILES string of the molecule is Cc1nnc(N2CCN(C(=O)c3cc(-c4ccc(C)c(C)c4)n(C)n3)CC2)o1. The Labute approximate surface area is 163 Å². The highest BCUT2D eigenvalue weighted by molar-refractivity contribution is 5.93. The van der Waals surface area contributed by atoms with Crippen LogP contribution in [0.15, 0.2) is 28.7 Å². The van der Waals surface area contributed by atoms with Crippen molar-refractivity contribution in [3.8, 4) is 11.3 Å². The molecule has 28 heavy (non-hydrogen) atoms. The molecule has 0 atom stereocenters. The molecule has 146 valence electrons. The van der Waals surface area contributed by atoms with Crippen molar-refractivity contribution >= 4 is 11.9 Å². The number of benzene rings is 1. The third-order valence-electron chi connectivity index (χ3n) is 5.25. The van der Waals surface area contributed by atoms with Gasteiger partial charge in [0.15, 0.2) is 5.69 Å². The van der Waals surface area contributed by atoms with Crippen molar-refractivity contribution in [2.24, 2.45) is 7.05 Å². The van der Waals surface area contributed by atoms with Gasteiger partial charge in [-0.1, -0.05) is 17.2 Å². The van der Waals surface area contributed by atoms with Gasteiger partial charge in [0.2, 0.25) is 5.89 Å². The summed E-state index contributed by atoms with van der Waals surface area (Å²) >= 11 is 0. The Morgan fingerprint density at radius 3 is 2.39 bits per heavy atom. The van der Waals surface area contributed by atoms with Crippen LogP contribution in [0.25, 0.3) is 11.3 Å². The van der Waals surface area contributed by atoms with Crippen LogP contribution < -0.4 is 4.90 Å². The monoisotopic (exact) mass is 380 g/mol. The lowest BCUT2D eigenvalue weighted by Gasteiger charge is -2.33. The Hall–Kier alpha value is -3.16. The number of piperazine rings is 1. The molecule has 8 heteroatoms. The number of aromatic nitrogens is 4. The van der Waals surface area contributed by atoms with E-state index in [0.717, 1.165) is 11.3 Å². The van der Waals surface area contributed by atoms with E-state index in [1.165, 1.54) is 11.1 Å². The van der Waals surface area contributed by atoms with Crippen molar-refractivity contribution in [3.63, 3.8) is 0 Å². The summed E-state index contributed by atoms with van der Waals surface area (Å²) in [5.74, 6) is 0.493. The van der Waals surface area contributed by atoms with Gasteiger partial charge in [-0.3, -0.25) is 9.48 Å². The lowest BCUT2D eigenvalue weighted by molar-refractivity contribution is 0.0738. The summed E-state index contributed by atoms with van der Waals surface area (Å²) in [4.78, 5) is 16.8. The summed E-state index contributed by atoms with van der Waals surface area (Å²) < 4.78 is 7.25. The molecule has 0 unspecified atom stereocenters. The quantitative estimate of drug-likeness (QED) is 0.694. The minimum absolute atomic E-state index is 0.0490. The van der Waals surface area contributed by atoms with Crippen LogP contribution in [0, 0.1) is 20.8 Å². The van der Waals surface area contributed by atoms with Gasteiger partial charge in [0.1, 0.15) is 0 Å². The second-order valence-corrected chi connectivity index (χ2v) is 7.22. The predicted molar refractivity (Wildman–Crippen MR) is 105 cm³/mol. The zero-order valence-electron chi connectivity index (χ0n) is 16.6. The lowest BCUT2D eigenvalue weighted by Crippen LogP contribution is -2.49. The molecular weight excluding hydrogens is 356 g/mol. The fourth-order valence-corrected chi connectivity index (χ4v) is 3.42. The Bertz CT molecular complexity index is 1010. The number of anilines is 1. The maximum absolute atomic E-state index is 12.9. The van der Waals surface area contributed by atoms with E-state index in [4.69, 9.17) is 4.42 Å². The Morgan fingerprint density at radius 2 is 1.75 bits per heavy atom. The highest BCUT2D eigenvalue weighted by Crippen LogP contribution is 2.23. The molecule has 8 nitrogen and oxygen atoms in total. The minimum Gasteiger partial charge on any atom is -0.408 e. The van der Waals surface area contributed by atoms with Gasteiger partial charge in [-0.15, -0.1) is 5.10 Å². The molecule has 0 saturated carbocycles. The first-order valence-corrected chi connectivity index (χ1v) is 9.38. The molecule has 3 aromatic rings. The second-order valence-electron chi connectivity index (χ2n) is 7.22. The first-order chi connectivity index (χ1) is 13.4. The average Bonchev–Trinajstić information content (AvgIpc) is 3.29. The molecule has 0 N–H and O–H groups in total. The fourth-order valence-electron chi connectivity index (χ4n) is 3.42. The van der Waals surface area contributed by atoms with Crippen LogP contribution in [0.3, 0.4) is 0 Å². The van der Waals surface area contributed by atoms with Gasteiger partial charge in [-0.05, 0) is 37.1 Å². The van der Waals surface area contributed by atoms with Crippen LogP contribution in [-0.4, -0.2) is 57.0 Å². The molecule has 0 spiro atoms. The predicted octanol–water partition coefficient (Wildman–Crippen LogP) is 2.36. The lowest BCUT2D eigenvalue weighted by atomic mass is 10.0. The molecule has 0 radical (unpaired) electrons. The molecule has 4 rings (SSSR count). The van der Waals surface area contributed by atoms with Gasteiger partial charge >= 0.3 is 6.01 Å². The van der Waals surface area contributed by atoms with Gasteiger partial charge in [0.25, 0.3) is 5.91 Å². The number of amides is 1. The maximum Gasteiger partial charge on any atom is 0.318 e. The van der Waals surface area contributed by atoms with E-state index >= 15 is 0 Å². The Kier molecular flexibility index (Phi) is 4.62. The van der Waals surface area contributed by atoms with Gasteiger partial charge in [-0.2, -0.15) is 5.10 Å². The molecule has 2 aromatic heterocycles. The van der Waals surface area contributed by atoms with Gasteiger partial charge in [0.05, 0.1) is 5.69 Å².